The highest BCUT2D eigenvalue weighted by Gasteiger charge is 2.66. The van der Waals surface area contributed by atoms with E-state index in [4.69, 9.17) is 9.84 Å². The van der Waals surface area contributed by atoms with Crippen molar-refractivity contribution in [1.82, 2.24) is 0 Å². The molecule has 10 aliphatic rings. The second-order valence-electron chi connectivity index (χ2n) is 28.6. The molecule has 0 radical (unpaired) electrons. The number of aliphatic hydroxyl groups is 2. The number of fused-ring (bicyclic) bond motifs is 2. The third-order valence-electron chi connectivity index (χ3n) is 20.0. The summed E-state index contributed by atoms with van der Waals surface area (Å²) in [6.45, 7) is 2.76. The Morgan fingerprint density at radius 3 is 1.20 bits per heavy atom. The Hall–Kier alpha value is -8.25. The minimum atomic E-state index is -5.19. The number of carboxylic acid groups (broad SMARTS) is 8. The number of aliphatic hydroxyl groups excluding tert-OH is 1. The molecule has 0 spiro atoms. The summed E-state index contributed by atoms with van der Waals surface area (Å²) >= 11 is 0. The lowest BCUT2D eigenvalue weighted by Gasteiger charge is -2.59. The number of benzene rings is 2. The number of esters is 1. The van der Waals surface area contributed by atoms with Gasteiger partial charge in [-0.15, -0.1) is 0 Å². The van der Waals surface area contributed by atoms with Crippen molar-refractivity contribution in [3.05, 3.63) is 82.7 Å². The van der Waals surface area contributed by atoms with Crippen molar-refractivity contribution < 1.29 is 200 Å². The number of carbonyl (C=O) groups is 9. The van der Waals surface area contributed by atoms with Gasteiger partial charge in [-0.1, -0.05) is 49.4 Å². The van der Waals surface area contributed by atoms with E-state index in [-0.39, 0.29) is 31.2 Å². The number of alkyl halides is 17. The number of hydrogen-bond donors (Lipinski definition) is 2. The first-order chi connectivity index (χ1) is 50.2. The maximum absolute atomic E-state index is 14.3. The lowest BCUT2D eigenvalue weighted by Crippen LogP contribution is -2.61. The molecular weight excluding hydrogens is 1570 g/mol. The van der Waals surface area contributed by atoms with Crippen molar-refractivity contribution in [2.75, 3.05) is 6.61 Å². The van der Waals surface area contributed by atoms with Gasteiger partial charge in [0.2, 0.25) is 5.82 Å². The number of carbonyl (C=O) groups excluding carboxylic acids is 9. The molecule has 2 aromatic rings. The molecule has 0 aromatic heterocycles. The minimum absolute atomic E-state index is 0.0419. The molecule has 2 aromatic carbocycles. The quantitative estimate of drug-likeness (QED) is 0.0647. The summed E-state index contributed by atoms with van der Waals surface area (Å²) < 4.78 is 281. The molecule has 10 bridgehead atoms. The van der Waals surface area contributed by atoms with Crippen molar-refractivity contribution in [2.45, 2.75) is 203 Å². The van der Waals surface area contributed by atoms with Crippen molar-refractivity contribution in [3.63, 3.8) is 0 Å². The monoisotopic (exact) mass is 1640 g/mol. The first-order valence-electron chi connectivity index (χ1n) is 33.1. The van der Waals surface area contributed by atoms with E-state index in [9.17, 15) is 186 Å². The largest absolute Gasteiger partial charge is 0.550 e. The van der Waals surface area contributed by atoms with Crippen LogP contribution in [0.1, 0.15) is 159 Å². The number of rotatable bonds is 19. The zero-order valence-electron chi connectivity index (χ0n) is 58.5. The number of aliphatic carboxylic acids is 7. The second-order valence-corrected chi connectivity index (χ2v) is 28.6. The van der Waals surface area contributed by atoms with Crippen LogP contribution in [0.3, 0.4) is 0 Å². The number of allylic oxidation sites excluding steroid dienone is 2. The number of carboxylic acids is 8. The average molecular weight is 1640 g/mol. The van der Waals surface area contributed by atoms with Gasteiger partial charge in [0, 0.05) is 24.7 Å². The summed E-state index contributed by atoms with van der Waals surface area (Å²) in [6.07, 6.45) is -8.73. The van der Waals surface area contributed by atoms with Crippen LogP contribution < -0.4 is 40.9 Å². The smallest absolute Gasteiger partial charge is 0.422 e. The maximum atomic E-state index is 14.3. The van der Waals surface area contributed by atoms with E-state index < -0.39 is 202 Å². The summed E-state index contributed by atoms with van der Waals surface area (Å²) in [4.78, 5) is 93.9. The molecule has 0 amide bonds. The van der Waals surface area contributed by atoms with E-state index in [2.05, 4.69) is 4.74 Å². The highest BCUT2D eigenvalue weighted by molar-refractivity contribution is 5.86. The van der Waals surface area contributed by atoms with Crippen LogP contribution in [0.15, 0.2) is 42.5 Å². The zero-order chi connectivity index (χ0) is 86.1. The molecule has 2 N–H and O–H groups in total. The maximum Gasteiger partial charge on any atom is 0.422 e. The molecule has 8 atom stereocenters. The number of ether oxygens (including phenoxy) is 2. The molecule has 111 heavy (non-hydrogen) atoms. The Balaban J connectivity index is 0.000000339. The summed E-state index contributed by atoms with van der Waals surface area (Å²) in [7, 11) is 0. The van der Waals surface area contributed by atoms with Crippen LogP contribution in [0, 0.1) is 98.6 Å². The van der Waals surface area contributed by atoms with E-state index in [1.54, 1.807) is 12.1 Å². The molecule has 630 valence electrons. The molecule has 8 unspecified atom stereocenters. The zero-order valence-corrected chi connectivity index (χ0v) is 58.5. The van der Waals surface area contributed by atoms with Crippen LogP contribution in [-0.2, 0) is 47.8 Å². The third-order valence-corrected chi connectivity index (χ3v) is 20.0. The van der Waals surface area contributed by atoms with Gasteiger partial charge in [-0.3, -0.25) is 4.79 Å². The van der Waals surface area contributed by atoms with Crippen LogP contribution in [-0.4, -0.2) is 131 Å². The predicted octanol–water partition coefficient (Wildman–Crippen LogP) is 4.40. The molecule has 43 heteroatoms. The first-order valence-corrected chi connectivity index (χ1v) is 33.1. The predicted molar refractivity (Wildman–Crippen MR) is 310 cm³/mol. The first kappa shape index (κ1) is 96.9. The minimum Gasteiger partial charge on any atom is -0.550 e. The van der Waals surface area contributed by atoms with Gasteiger partial charge in [0.05, 0.1) is 59.3 Å². The van der Waals surface area contributed by atoms with E-state index in [0.29, 0.717) is 87.9 Å². The highest BCUT2D eigenvalue weighted by atomic mass is 19.4. The Bertz CT molecular complexity index is 3550. The molecule has 9 fully saturated rings. The van der Waals surface area contributed by atoms with Gasteiger partial charge < -0.3 is 98.9 Å². The van der Waals surface area contributed by atoms with Crippen LogP contribution in [0.5, 0.6) is 0 Å². The van der Waals surface area contributed by atoms with Crippen molar-refractivity contribution >= 4 is 53.7 Å². The summed E-state index contributed by atoms with van der Waals surface area (Å²) in [5.41, 5.74) is -10.0. The average Bonchev–Trinajstić information content (AvgIpc) is 1.50. The van der Waals surface area contributed by atoms with Gasteiger partial charge in [0.1, 0.15) is 30.1 Å². The fourth-order valence-corrected chi connectivity index (χ4v) is 14.9. The van der Waals surface area contributed by atoms with E-state index >= 15 is 0 Å². The van der Waals surface area contributed by atoms with E-state index in [1.165, 1.54) is 37.3 Å². The van der Waals surface area contributed by atoms with Gasteiger partial charge >= 0.3 is 36.3 Å². The topological polar surface area (TPSA) is 397 Å². The lowest BCUT2D eigenvalue weighted by atomic mass is 9.47. The number of aromatic carboxylic acids is 1. The summed E-state index contributed by atoms with van der Waals surface area (Å²) in [6, 6.07) is 7.32. The fraction of sp³-hybridized carbons (Fsp3) is 0.662. The van der Waals surface area contributed by atoms with Crippen LogP contribution in [0.4, 0.5) is 96.6 Å². The fourth-order valence-electron chi connectivity index (χ4n) is 14.9. The van der Waals surface area contributed by atoms with E-state index in [1.807, 2.05) is 0 Å². The van der Waals surface area contributed by atoms with Gasteiger partial charge in [-0.05, 0) is 164 Å². The van der Waals surface area contributed by atoms with Crippen LogP contribution in [0.25, 0.3) is 0 Å². The van der Waals surface area contributed by atoms with Gasteiger partial charge in [0.15, 0.2) is 35.0 Å². The van der Waals surface area contributed by atoms with Gasteiger partial charge in [-0.2, -0.15) is 57.1 Å². The number of halogens is 22. The standard InChI is InChI=1S/C20H22F2O4.C13H18F2O3.C9H9F3O2.C7HF5O2.C6H10F2O3.C5H8F2O2.C4H5F3O3.C4H5F3O2/c21-20(22,17(23)24)16(15-4-2-1-3-5-15)26-18(25)19-9-12-6-13(10-19)8-14(7-12)11-19;14-13(15,11(17)18)10(16)12-4-7-1-8(5-12)3-9(2-7)6-12;10-9(11,12)8(7(13)14)4-5-1-2-6(8)3-5;8-2-1(7(13)14)3(9)5(11)6(12)4(2)10;1-4(5(9)10)11-3-6(2,7)8;1-2-5(6,7)3-4(8)9;1-3(10,2(8)9)4(5,6)7;1-2(3(8)9)4(5,6)7/h1-5,12-14,16H,6-11H2,(H,23,24);7-10,16H,1-6H2,(H,17,18);1-2,5-6H,3-4H2,(H,13,14);(H,13,14);4H,3H2,1-2H3,(H,9,10);2-3H2,1H3,(H,8,9);10H,1H3,(H,8,9);2H,1H3,(H,8,9)/p-8. The Kier molecular flexibility index (Phi) is 32.1. The molecular formula is C68H70F22O21-8. The third kappa shape index (κ3) is 24.4. The number of hydrogen-bond acceptors (Lipinski definition) is 21. The van der Waals surface area contributed by atoms with Crippen molar-refractivity contribution in [2.24, 2.45) is 69.5 Å². The summed E-state index contributed by atoms with van der Waals surface area (Å²) in [5, 5.41) is 99.0. The normalized spacial score (nSPS) is 26.7. The molecule has 10 aliphatic carbocycles. The molecule has 9 saturated carbocycles. The Morgan fingerprint density at radius 2 is 0.946 bits per heavy atom. The molecule has 0 saturated heterocycles. The van der Waals surface area contributed by atoms with E-state index in [0.717, 1.165) is 45.4 Å². The highest BCUT2D eigenvalue weighted by Crippen LogP contribution is 2.64. The Labute approximate surface area is 614 Å². The van der Waals surface area contributed by atoms with Crippen molar-refractivity contribution in [1.29, 1.82) is 0 Å². The van der Waals surface area contributed by atoms with Crippen LogP contribution in [0.2, 0.25) is 0 Å². The van der Waals surface area contributed by atoms with Crippen LogP contribution >= 0.6 is 0 Å². The van der Waals surface area contributed by atoms with Gasteiger partial charge in [-0.25, -0.2) is 39.5 Å². The Morgan fingerprint density at radius 1 is 0.541 bits per heavy atom. The summed E-state index contributed by atoms with van der Waals surface area (Å²) in [5.74, 6) is -45.4. The molecule has 0 aliphatic heterocycles. The lowest BCUT2D eigenvalue weighted by molar-refractivity contribution is -0.351. The van der Waals surface area contributed by atoms with Crippen molar-refractivity contribution in [3.8, 4) is 0 Å². The SMILES string of the molecule is CC(C(=O)[O-])C(F)(F)F.CC(O)(C(=O)[O-])C(F)(F)F.CC(OCC(C)(F)F)C(=O)[O-].CCC(F)(F)CC(=O)[O-].O=C(OC(c1ccccc1)C(F)(F)C(=O)[O-])C12CC3CC(CC(C3)C1)C2.O=C([O-])C(F)(F)C(O)C12CC3CC(CC(C3)C1)C2.O=C([O-])C1(C(F)(F)F)CC2C=CC1C2.O=C([O-])c1c(F)c(F)c(F)c(F)c1F. The second kappa shape index (κ2) is 36.7. The molecule has 12 rings (SSSR count). The van der Waals surface area contributed by atoms with Gasteiger partial charge in [0.25, 0.3) is 11.8 Å². The molecule has 21 nitrogen and oxygen atoms in total. The molecule has 0 heterocycles.